The number of benzene rings is 2. The van der Waals surface area contributed by atoms with Crippen LogP contribution in [0.3, 0.4) is 0 Å². The van der Waals surface area contributed by atoms with Crippen LogP contribution in [0.1, 0.15) is 40.0 Å². The van der Waals surface area contributed by atoms with Crippen LogP contribution in [0.2, 0.25) is 0 Å². The van der Waals surface area contributed by atoms with E-state index in [4.69, 9.17) is 15.7 Å². The SMILES string of the molecule is NC(=O)c1cccc2c(-c3nc4c(c(NCc5ccccc5)n3)CCCC4)[nH]cc12. The van der Waals surface area contributed by atoms with Crippen molar-refractivity contribution in [1.29, 1.82) is 0 Å². The van der Waals surface area contributed by atoms with E-state index in [1.165, 1.54) is 11.1 Å². The van der Waals surface area contributed by atoms with Gasteiger partial charge in [-0.2, -0.15) is 0 Å². The quantitative estimate of drug-likeness (QED) is 0.470. The van der Waals surface area contributed by atoms with Crippen molar-refractivity contribution in [2.45, 2.75) is 32.2 Å². The van der Waals surface area contributed by atoms with Gasteiger partial charge < -0.3 is 16.0 Å². The Morgan fingerprint density at radius 1 is 1.00 bits per heavy atom. The predicted molar refractivity (Wildman–Crippen MR) is 118 cm³/mol. The first-order chi connectivity index (χ1) is 14.7. The topological polar surface area (TPSA) is 96.7 Å². The lowest BCUT2D eigenvalue weighted by molar-refractivity contribution is 0.100. The third-order valence-corrected chi connectivity index (χ3v) is 5.71. The molecule has 150 valence electrons. The Morgan fingerprint density at radius 3 is 2.67 bits per heavy atom. The van der Waals surface area contributed by atoms with Gasteiger partial charge in [-0.1, -0.05) is 42.5 Å². The van der Waals surface area contributed by atoms with Gasteiger partial charge in [0, 0.05) is 40.3 Å². The first-order valence-electron chi connectivity index (χ1n) is 10.3. The number of nitrogens with one attached hydrogen (secondary N) is 2. The molecule has 2 heterocycles. The Labute approximate surface area is 174 Å². The number of nitrogens with two attached hydrogens (primary N) is 1. The van der Waals surface area contributed by atoms with Crippen molar-refractivity contribution in [3.05, 3.63) is 77.1 Å². The lowest BCUT2D eigenvalue weighted by Gasteiger charge is -2.20. The van der Waals surface area contributed by atoms with Crippen LogP contribution in [0.5, 0.6) is 0 Å². The van der Waals surface area contributed by atoms with E-state index in [1.807, 2.05) is 36.5 Å². The number of rotatable bonds is 5. The maximum atomic E-state index is 11.8. The highest BCUT2D eigenvalue weighted by Crippen LogP contribution is 2.32. The molecular formula is C24H23N5O. The van der Waals surface area contributed by atoms with Crippen molar-refractivity contribution < 1.29 is 4.79 Å². The highest BCUT2D eigenvalue weighted by atomic mass is 16.1. The van der Waals surface area contributed by atoms with Crippen molar-refractivity contribution in [1.82, 2.24) is 15.0 Å². The summed E-state index contributed by atoms with van der Waals surface area (Å²) >= 11 is 0. The number of carbonyl (C=O) groups is 1. The number of aromatic nitrogens is 3. The average Bonchev–Trinajstić information content (AvgIpc) is 3.22. The van der Waals surface area contributed by atoms with E-state index >= 15 is 0 Å². The maximum Gasteiger partial charge on any atom is 0.249 e. The molecule has 0 bridgehead atoms. The van der Waals surface area contributed by atoms with Crippen molar-refractivity contribution in [2.24, 2.45) is 5.73 Å². The van der Waals surface area contributed by atoms with E-state index in [0.717, 1.165) is 53.7 Å². The van der Waals surface area contributed by atoms with Crippen LogP contribution in [-0.2, 0) is 19.4 Å². The summed E-state index contributed by atoms with van der Waals surface area (Å²) in [5.74, 6) is 1.10. The molecule has 0 fully saturated rings. The van der Waals surface area contributed by atoms with Gasteiger partial charge in [0.2, 0.25) is 5.91 Å². The number of hydrogen-bond donors (Lipinski definition) is 3. The molecular weight excluding hydrogens is 374 g/mol. The van der Waals surface area contributed by atoms with Crippen LogP contribution >= 0.6 is 0 Å². The largest absolute Gasteiger partial charge is 0.366 e. The van der Waals surface area contributed by atoms with Crippen LogP contribution in [0, 0.1) is 0 Å². The van der Waals surface area contributed by atoms with Crippen LogP contribution < -0.4 is 11.1 Å². The molecule has 5 rings (SSSR count). The van der Waals surface area contributed by atoms with Crippen LogP contribution in [0.15, 0.2) is 54.7 Å². The van der Waals surface area contributed by atoms with Crippen molar-refractivity contribution in [3.8, 4) is 11.5 Å². The van der Waals surface area contributed by atoms with Gasteiger partial charge >= 0.3 is 0 Å². The molecule has 2 aromatic carbocycles. The minimum absolute atomic E-state index is 0.442. The monoisotopic (exact) mass is 397 g/mol. The second kappa shape index (κ2) is 7.63. The lowest BCUT2D eigenvalue weighted by atomic mass is 9.96. The van der Waals surface area contributed by atoms with E-state index in [2.05, 4.69) is 22.4 Å². The number of carbonyl (C=O) groups excluding carboxylic acids is 1. The molecule has 1 amide bonds. The number of nitrogens with zero attached hydrogens (tertiary/aromatic N) is 2. The smallest absolute Gasteiger partial charge is 0.249 e. The molecule has 4 N–H and O–H groups in total. The lowest BCUT2D eigenvalue weighted by Crippen LogP contribution is -2.14. The van der Waals surface area contributed by atoms with Gasteiger partial charge in [0.1, 0.15) is 5.82 Å². The fourth-order valence-corrected chi connectivity index (χ4v) is 4.19. The molecule has 0 saturated heterocycles. The molecule has 0 atom stereocenters. The van der Waals surface area contributed by atoms with Crippen molar-refractivity contribution in [3.63, 3.8) is 0 Å². The van der Waals surface area contributed by atoms with Crippen molar-refractivity contribution in [2.75, 3.05) is 5.32 Å². The molecule has 0 unspecified atom stereocenters. The third kappa shape index (κ3) is 3.30. The van der Waals surface area contributed by atoms with Gasteiger partial charge in [0.25, 0.3) is 0 Å². The maximum absolute atomic E-state index is 11.8. The Hall–Kier alpha value is -3.67. The molecule has 1 aliphatic rings. The zero-order valence-corrected chi connectivity index (χ0v) is 16.6. The summed E-state index contributed by atoms with van der Waals surface area (Å²) in [5.41, 5.74) is 10.4. The standard InChI is InChI=1S/C24H23N5O/c25-22(30)17-11-6-10-16-19(17)14-26-21(16)24-28-20-12-5-4-9-18(20)23(29-24)27-13-15-7-2-1-3-8-15/h1-3,6-8,10-11,14,26H,4-5,9,12-13H2,(H2,25,30)(H,27,28,29). The molecule has 0 saturated carbocycles. The Morgan fingerprint density at radius 2 is 1.83 bits per heavy atom. The normalized spacial score (nSPS) is 13.2. The van der Waals surface area contributed by atoms with Gasteiger partial charge in [-0.05, 0) is 37.3 Å². The number of H-pyrrole nitrogens is 1. The number of aromatic amines is 1. The average molecular weight is 397 g/mol. The second-order valence-electron chi connectivity index (χ2n) is 7.66. The molecule has 0 radical (unpaired) electrons. The van der Waals surface area contributed by atoms with Crippen LogP contribution in [0.25, 0.3) is 22.3 Å². The first-order valence-corrected chi connectivity index (χ1v) is 10.3. The highest BCUT2D eigenvalue weighted by molar-refractivity contribution is 6.09. The molecule has 0 spiro atoms. The number of fused-ring (bicyclic) bond motifs is 2. The number of hydrogen-bond acceptors (Lipinski definition) is 4. The minimum atomic E-state index is -0.442. The minimum Gasteiger partial charge on any atom is -0.366 e. The summed E-state index contributed by atoms with van der Waals surface area (Å²) in [5, 5.41) is 5.22. The second-order valence-corrected chi connectivity index (χ2v) is 7.66. The highest BCUT2D eigenvalue weighted by Gasteiger charge is 2.20. The molecule has 30 heavy (non-hydrogen) atoms. The summed E-state index contributed by atoms with van der Waals surface area (Å²) in [6, 6.07) is 15.9. The Kier molecular flexibility index (Phi) is 4.67. The molecule has 1 aliphatic carbocycles. The first kappa shape index (κ1) is 18.4. The number of primary amides is 1. The van der Waals surface area contributed by atoms with Crippen LogP contribution in [-0.4, -0.2) is 20.9 Å². The Balaban J connectivity index is 1.58. The summed E-state index contributed by atoms with van der Waals surface area (Å²) in [6.45, 7) is 0.709. The Bertz CT molecular complexity index is 1230. The van der Waals surface area contributed by atoms with Gasteiger partial charge in [-0.25, -0.2) is 9.97 Å². The zero-order chi connectivity index (χ0) is 20.5. The summed E-state index contributed by atoms with van der Waals surface area (Å²) in [6.07, 6.45) is 6.05. The number of amides is 1. The predicted octanol–water partition coefficient (Wildman–Crippen LogP) is 4.21. The number of anilines is 1. The molecule has 4 aromatic rings. The van der Waals surface area contributed by atoms with E-state index in [9.17, 15) is 4.79 Å². The van der Waals surface area contributed by atoms with E-state index in [1.54, 1.807) is 6.07 Å². The fourth-order valence-electron chi connectivity index (χ4n) is 4.19. The van der Waals surface area contributed by atoms with Crippen LogP contribution in [0.4, 0.5) is 5.82 Å². The summed E-state index contributed by atoms with van der Waals surface area (Å²) in [7, 11) is 0. The van der Waals surface area contributed by atoms with Gasteiger partial charge in [-0.15, -0.1) is 0 Å². The third-order valence-electron chi connectivity index (χ3n) is 5.71. The van der Waals surface area contributed by atoms with Gasteiger partial charge in [-0.3, -0.25) is 4.79 Å². The summed E-state index contributed by atoms with van der Waals surface area (Å²) in [4.78, 5) is 24.9. The van der Waals surface area contributed by atoms with E-state index in [-0.39, 0.29) is 0 Å². The zero-order valence-electron chi connectivity index (χ0n) is 16.6. The van der Waals surface area contributed by atoms with Gasteiger partial charge in [0.05, 0.1) is 5.69 Å². The van der Waals surface area contributed by atoms with Crippen molar-refractivity contribution >= 4 is 22.5 Å². The molecule has 2 aromatic heterocycles. The molecule has 0 aliphatic heterocycles. The molecule has 6 nitrogen and oxygen atoms in total. The molecule has 6 heteroatoms. The summed E-state index contributed by atoms with van der Waals surface area (Å²) < 4.78 is 0. The van der Waals surface area contributed by atoms with Gasteiger partial charge in [0.15, 0.2) is 5.82 Å². The number of aryl methyl sites for hydroxylation is 1. The van der Waals surface area contributed by atoms with E-state index in [0.29, 0.717) is 17.9 Å². The van der Waals surface area contributed by atoms with E-state index < -0.39 is 5.91 Å². The fraction of sp³-hybridized carbons (Fsp3) is 0.208.